The van der Waals surface area contributed by atoms with Crippen molar-refractivity contribution in [2.24, 2.45) is 5.92 Å². The van der Waals surface area contributed by atoms with Gasteiger partial charge in [-0.05, 0) is 43.0 Å². The maximum absolute atomic E-state index is 9.54. The summed E-state index contributed by atoms with van der Waals surface area (Å²) in [7, 11) is 2.17. The van der Waals surface area contributed by atoms with Crippen LogP contribution >= 0.6 is 11.6 Å². The summed E-state index contributed by atoms with van der Waals surface area (Å²) in [4.78, 5) is 5.71. The first-order chi connectivity index (χ1) is 9.69. The van der Waals surface area contributed by atoms with E-state index in [2.05, 4.69) is 35.1 Å². The Morgan fingerprint density at radius 2 is 2.30 bits per heavy atom. The number of nitrogens with one attached hydrogen (secondary N) is 1. The molecular formula is C16H19ClN2O. The van der Waals surface area contributed by atoms with Gasteiger partial charge in [0.05, 0.1) is 0 Å². The van der Waals surface area contributed by atoms with Crippen LogP contribution in [0.25, 0.3) is 10.9 Å². The average molecular weight is 291 g/mol. The third-order valence-corrected chi connectivity index (χ3v) is 5.47. The first kappa shape index (κ1) is 12.7. The Balaban J connectivity index is 1.89. The van der Waals surface area contributed by atoms with Gasteiger partial charge in [-0.25, -0.2) is 0 Å². The minimum absolute atomic E-state index is 0.282. The van der Waals surface area contributed by atoms with E-state index in [0.29, 0.717) is 17.9 Å². The number of hydrogen-bond acceptors (Lipinski definition) is 2. The predicted octanol–water partition coefficient (Wildman–Crippen LogP) is 2.77. The zero-order chi connectivity index (χ0) is 13.9. The summed E-state index contributed by atoms with van der Waals surface area (Å²) < 4.78 is 0. The fourth-order valence-electron chi connectivity index (χ4n) is 4.23. The monoisotopic (exact) mass is 290 g/mol. The summed E-state index contributed by atoms with van der Waals surface area (Å²) in [5.74, 6) is 0.890. The van der Waals surface area contributed by atoms with Gasteiger partial charge in [-0.2, -0.15) is 0 Å². The third-order valence-electron chi connectivity index (χ3n) is 5.14. The van der Waals surface area contributed by atoms with Crippen molar-refractivity contribution in [3.63, 3.8) is 0 Å². The van der Waals surface area contributed by atoms with Crippen molar-refractivity contribution in [2.75, 3.05) is 20.2 Å². The molecule has 0 amide bonds. The van der Waals surface area contributed by atoms with Crippen LogP contribution in [-0.2, 0) is 6.42 Å². The number of hydrogen-bond donors (Lipinski definition) is 2. The largest absolute Gasteiger partial charge is 0.396 e. The molecule has 1 aliphatic carbocycles. The first-order valence-electron chi connectivity index (χ1n) is 7.29. The molecular weight excluding hydrogens is 272 g/mol. The molecule has 3 atom stereocenters. The second-order valence-corrected chi connectivity index (χ2v) is 6.67. The average Bonchev–Trinajstić information content (AvgIpc) is 2.77. The molecule has 0 spiro atoms. The van der Waals surface area contributed by atoms with Crippen LogP contribution in [0.1, 0.15) is 23.5 Å². The number of rotatable bonds is 1. The summed E-state index contributed by atoms with van der Waals surface area (Å²) in [6.07, 6.45) is 2.09. The van der Waals surface area contributed by atoms with Crippen LogP contribution in [0.15, 0.2) is 18.2 Å². The Morgan fingerprint density at radius 3 is 3.10 bits per heavy atom. The van der Waals surface area contributed by atoms with Crippen molar-refractivity contribution in [3.05, 3.63) is 34.5 Å². The molecule has 4 heteroatoms. The van der Waals surface area contributed by atoms with Crippen molar-refractivity contribution in [1.82, 2.24) is 9.88 Å². The minimum Gasteiger partial charge on any atom is -0.396 e. The molecule has 20 heavy (non-hydrogen) atoms. The standard InChI is InChI=1S/C16H19ClN2O/c1-19-7-9(8-20)5-11-10-3-2-4-13-15(10)12(6-14(11)19)16(17)18-13/h2-4,9,11,14,18,20H,5-8H2,1H3/t9?,11?,14-/m1/s1. The van der Waals surface area contributed by atoms with Gasteiger partial charge >= 0.3 is 0 Å². The van der Waals surface area contributed by atoms with Gasteiger partial charge < -0.3 is 15.0 Å². The summed E-state index contributed by atoms with van der Waals surface area (Å²) in [5.41, 5.74) is 3.82. The summed E-state index contributed by atoms with van der Waals surface area (Å²) in [5, 5.41) is 11.7. The highest BCUT2D eigenvalue weighted by Gasteiger charge is 2.39. The molecule has 2 aliphatic rings. The zero-order valence-corrected chi connectivity index (χ0v) is 12.3. The van der Waals surface area contributed by atoms with E-state index in [-0.39, 0.29) is 6.61 Å². The van der Waals surface area contributed by atoms with Gasteiger partial charge in [0.15, 0.2) is 0 Å². The molecule has 1 aromatic carbocycles. The quantitative estimate of drug-likeness (QED) is 0.848. The van der Waals surface area contributed by atoms with E-state index in [1.165, 1.54) is 16.5 Å². The molecule has 2 N–H and O–H groups in total. The number of fused-ring (bicyclic) bond motifs is 2. The molecule has 1 fully saturated rings. The van der Waals surface area contributed by atoms with Crippen molar-refractivity contribution in [3.8, 4) is 0 Å². The van der Waals surface area contributed by atoms with Crippen LogP contribution in [0.3, 0.4) is 0 Å². The Morgan fingerprint density at radius 1 is 1.45 bits per heavy atom. The van der Waals surface area contributed by atoms with Crippen LogP contribution in [0.5, 0.6) is 0 Å². The Kier molecular flexibility index (Phi) is 2.85. The van der Waals surface area contributed by atoms with E-state index in [0.717, 1.165) is 30.1 Å². The second kappa shape index (κ2) is 4.48. The lowest BCUT2D eigenvalue weighted by Gasteiger charge is -2.45. The van der Waals surface area contributed by atoms with Crippen LogP contribution < -0.4 is 0 Å². The Hall–Kier alpha value is -1.03. The molecule has 0 radical (unpaired) electrons. The lowest BCUT2D eigenvalue weighted by molar-refractivity contribution is 0.0772. The fraction of sp³-hybridized carbons (Fsp3) is 0.500. The van der Waals surface area contributed by atoms with E-state index >= 15 is 0 Å². The highest BCUT2D eigenvalue weighted by Crippen LogP contribution is 2.45. The minimum atomic E-state index is 0.282. The summed E-state index contributed by atoms with van der Waals surface area (Å²) in [6, 6.07) is 6.95. The van der Waals surface area contributed by atoms with Gasteiger partial charge in [0.25, 0.3) is 0 Å². The number of benzene rings is 1. The highest BCUT2D eigenvalue weighted by atomic mass is 35.5. The Bertz CT molecular complexity index is 666. The van der Waals surface area contributed by atoms with Crippen LogP contribution in [0.4, 0.5) is 0 Å². The number of H-pyrrole nitrogens is 1. The normalized spacial score (nSPS) is 29.6. The third kappa shape index (κ3) is 1.67. The number of likely N-dealkylation sites (tertiary alicyclic amines) is 1. The van der Waals surface area contributed by atoms with E-state index in [1.807, 2.05) is 0 Å². The maximum Gasteiger partial charge on any atom is 0.110 e. The molecule has 0 bridgehead atoms. The number of aromatic nitrogens is 1. The van der Waals surface area contributed by atoms with Crippen molar-refractivity contribution in [1.29, 1.82) is 0 Å². The number of piperidine rings is 1. The van der Waals surface area contributed by atoms with Gasteiger partial charge in [0.1, 0.15) is 5.15 Å². The molecule has 1 saturated heterocycles. The predicted molar refractivity (Wildman–Crippen MR) is 81.4 cm³/mol. The molecule has 106 valence electrons. The van der Waals surface area contributed by atoms with Crippen LogP contribution in [-0.4, -0.2) is 41.2 Å². The van der Waals surface area contributed by atoms with E-state index < -0.39 is 0 Å². The molecule has 1 aromatic heterocycles. The Labute approximate surface area is 123 Å². The van der Waals surface area contributed by atoms with E-state index in [4.69, 9.17) is 11.6 Å². The number of aliphatic hydroxyl groups is 1. The smallest absolute Gasteiger partial charge is 0.110 e. The van der Waals surface area contributed by atoms with Gasteiger partial charge in [0, 0.05) is 36.0 Å². The van der Waals surface area contributed by atoms with Crippen molar-refractivity contribution in [2.45, 2.75) is 24.8 Å². The number of aromatic amines is 1. The number of halogens is 1. The summed E-state index contributed by atoms with van der Waals surface area (Å²) in [6.45, 7) is 1.26. The molecule has 1 aliphatic heterocycles. The van der Waals surface area contributed by atoms with E-state index in [9.17, 15) is 5.11 Å². The second-order valence-electron chi connectivity index (χ2n) is 6.29. The lowest BCUT2D eigenvalue weighted by atomic mass is 9.72. The number of nitrogens with zero attached hydrogens (tertiary/aromatic N) is 1. The summed E-state index contributed by atoms with van der Waals surface area (Å²) >= 11 is 6.39. The molecule has 2 aromatic rings. The first-order valence-corrected chi connectivity index (χ1v) is 7.67. The van der Waals surface area contributed by atoms with Crippen molar-refractivity contribution < 1.29 is 5.11 Å². The molecule has 0 saturated carbocycles. The van der Waals surface area contributed by atoms with E-state index in [1.54, 1.807) is 0 Å². The van der Waals surface area contributed by atoms with Gasteiger partial charge in [-0.15, -0.1) is 0 Å². The molecule has 3 nitrogen and oxygen atoms in total. The van der Waals surface area contributed by atoms with Crippen molar-refractivity contribution >= 4 is 22.5 Å². The maximum atomic E-state index is 9.54. The lowest BCUT2D eigenvalue weighted by Crippen LogP contribution is -2.48. The SMILES string of the molecule is CN1CC(CO)CC2c3cccc4[nH]c(Cl)c(c34)C[C@H]21. The fourth-order valence-corrected chi connectivity index (χ4v) is 4.50. The topological polar surface area (TPSA) is 39.3 Å². The molecule has 4 rings (SSSR count). The van der Waals surface area contributed by atoms with Crippen LogP contribution in [0, 0.1) is 5.92 Å². The molecule has 2 heterocycles. The highest BCUT2D eigenvalue weighted by molar-refractivity contribution is 6.32. The van der Waals surface area contributed by atoms with Crippen LogP contribution in [0.2, 0.25) is 5.15 Å². The zero-order valence-electron chi connectivity index (χ0n) is 11.6. The van der Waals surface area contributed by atoms with Gasteiger partial charge in [-0.3, -0.25) is 0 Å². The van der Waals surface area contributed by atoms with Gasteiger partial charge in [0.2, 0.25) is 0 Å². The molecule has 2 unspecified atom stereocenters. The number of aliphatic hydroxyl groups excluding tert-OH is 1. The van der Waals surface area contributed by atoms with Gasteiger partial charge in [-0.1, -0.05) is 23.7 Å². The number of likely N-dealkylation sites (N-methyl/N-ethyl adjacent to an activating group) is 1.